The Balaban J connectivity index is 2.08. The van der Waals surface area contributed by atoms with Gasteiger partial charge in [-0.2, -0.15) is 0 Å². The first-order valence-corrected chi connectivity index (χ1v) is 7.94. The predicted octanol–water partition coefficient (Wildman–Crippen LogP) is 3.33. The summed E-state index contributed by atoms with van der Waals surface area (Å²) in [4.78, 5) is 14.1. The average molecular weight is 283 g/mol. The summed E-state index contributed by atoms with van der Waals surface area (Å²) in [7, 11) is 0. The third kappa shape index (κ3) is 3.27. The summed E-state index contributed by atoms with van der Waals surface area (Å²) in [5.74, 6) is 0.315. The molecule has 1 heterocycles. The molecule has 0 spiro atoms. The van der Waals surface area contributed by atoms with E-state index in [1.807, 2.05) is 27.7 Å². The number of rotatable bonds is 2. The highest BCUT2D eigenvalue weighted by Gasteiger charge is 2.47. The second-order valence-corrected chi connectivity index (χ2v) is 7.54. The van der Waals surface area contributed by atoms with E-state index >= 15 is 0 Å². The Morgan fingerprint density at radius 2 is 1.70 bits per heavy atom. The Labute approximate surface area is 122 Å². The van der Waals surface area contributed by atoms with E-state index < -0.39 is 11.2 Å². The van der Waals surface area contributed by atoms with Gasteiger partial charge < -0.3 is 14.7 Å². The fraction of sp³-hybridized carbons (Fsp3) is 0.938. The van der Waals surface area contributed by atoms with Crippen molar-refractivity contribution in [2.24, 2.45) is 5.92 Å². The minimum Gasteiger partial charge on any atom is -0.444 e. The molecule has 0 aromatic carbocycles. The maximum Gasteiger partial charge on any atom is 0.410 e. The van der Waals surface area contributed by atoms with Gasteiger partial charge in [0.15, 0.2) is 0 Å². The number of hydrogen-bond acceptors (Lipinski definition) is 3. The summed E-state index contributed by atoms with van der Waals surface area (Å²) < 4.78 is 5.49. The molecule has 4 heteroatoms. The molecular formula is C16H29NO3. The first-order valence-electron chi connectivity index (χ1n) is 7.94. The Morgan fingerprint density at radius 3 is 2.25 bits per heavy atom. The van der Waals surface area contributed by atoms with Crippen molar-refractivity contribution in [2.75, 3.05) is 6.54 Å². The van der Waals surface area contributed by atoms with E-state index in [1.165, 1.54) is 12.8 Å². The van der Waals surface area contributed by atoms with Crippen LogP contribution >= 0.6 is 0 Å². The van der Waals surface area contributed by atoms with Crippen molar-refractivity contribution >= 4 is 6.09 Å². The van der Waals surface area contributed by atoms with Crippen LogP contribution in [0.1, 0.15) is 66.2 Å². The zero-order valence-corrected chi connectivity index (χ0v) is 13.3. The number of likely N-dealkylation sites (tertiary alicyclic amines) is 1. The monoisotopic (exact) mass is 283 g/mol. The first-order chi connectivity index (χ1) is 9.22. The van der Waals surface area contributed by atoms with Crippen molar-refractivity contribution in [3.8, 4) is 0 Å². The van der Waals surface area contributed by atoms with Crippen LogP contribution in [0.15, 0.2) is 0 Å². The number of carbonyl (C=O) groups excluding carboxylic acids is 1. The molecule has 0 aromatic rings. The van der Waals surface area contributed by atoms with Gasteiger partial charge in [0.1, 0.15) is 5.60 Å². The van der Waals surface area contributed by atoms with Crippen molar-refractivity contribution in [3.05, 3.63) is 0 Å². The van der Waals surface area contributed by atoms with E-state index in [1.54, 1.807) is 4.90 Å². The van der Waals surface area contributed by atoms with Crippen LogP contribution in [0.3, 0.4) is 0 Å². The molecule has 1 amide bonds. The van der Waals surface area contributed by atoms with Crippen molar-refractivity contribution in [1.29, 1.82) is 0 Å². The van der Waals surface area contributed by atoms with Gasteiger partial charge in [-0.25, -0.2) is 4.79 Å². The third-order valence-electron chi connectivity index (χ3n) is 4.74. The largest absolute Gasteiger partial charge is 0.444 e. The molecule has 1 saturated heterocycles. The van der Waals surface area contributed by atoms with Crippen LogP contribution in [0.2, 0.25) is 0 Å². The minimum atomic E-state index is -0.788. The van der Waals surface area contributed by atoms with Gasteiger partial charge in [0.2, 0.25) is 0 Å². The van der Waals surface area contributed by atoms with Crippen LogP contribution in [0.5, 0.6) is 0 Å². The topological polar surface area (TPSA) is 49.8 Å². The molecule has 2 rings (SSSR count). The van der Waals surface area contributed by atoms with Gasteiger partial charge in [-0.15, -0.1) is 0 Å². The molecule has 2 atom stereocenters. The maximum absolute atomic E-state index is 12.3. The van der Waals surface area contributed by atoms with Crippen LogP contribution in [0.4, 0.5) is 4.79 Å². The lowest BCUT2D eigenvalue weighted by Crippen LogP contribution is -2.54. The van der Waals surface area contributed by atoms with Crippen LogP contribution in [0, 0.1) is 5.92 Å². The van der Waals surface area contributed by atoms with E-state index in [-0.39, 0.29) is 12.1 Å². The molecule has 0 radical (unpaired) electrons. The maximum atomic E-state index is 12.3. The molecular weight excluding hydrogens is 254 g/mol. The standard InChI is InChI=1S/C16H29NO3/c1-15(2,3)20-14(18)17-11-7-10-13(17)16(4,19)12-8-5-6-9-12/h12-13,19H,5-11H2,1-4H3/t13-,16+/m1/s1. The Hall–Kier alpha value is -0.770. The van der Waals surface area contributed by atoms with Crippen molar-refractivity contribution in [2.45, 2.75) is 83.5 Å². The molecule has 1 aliphatic carbocycles. The van der Waals surface area contributed by atoms with Crippen molar-refractivity contribution < 1.29 is 14.6 Å². The lowest BCUT2D eigenvalue weighted by molar-refractivity contribution is -0.0668. The third-order valence-corrected chi connectivity index (χ3v) is 4.74. The van der Waals surface area contributed by atoms with E-state index in [0.717, 1.165) is 25.7 Å². The quantitative estimate of drug-likeness (QED) is 0.845. The molecule has 4 nitrogen and oxygen atoms in total. The summed E-state index contributed by atoms with van der Waals surface area (Å²) in [6, 6.07) is -0.0968. The minimum absolute atomic E-state index is 0.0968. The van der Waals surface area contributed by atoms with Gasteiger partial charge >= 0.3 is 6.09 Å². The number of ether oxygens (including phenoxy) is 1. The summed E-state index contributed by atoms with van der Waals surface area (Å²) in [5.41, 5.74) is -1.27. The van der Waals surface area contributed by atoms with Crippen molar-refractivity contribution in [3.63, 3.8) is 0 Å². The molecule has 0 aromatic heterocycles. The summed E-state index contributed by atoms with van der Waals surface area (Å²) in [6.07, 6.45) is 6.09. The molecule has 2 fully saturated rings. The molecule has 0 unspecified atom stereocenters. The molecule has 20 heavy (non-hydrogen) atoms. The Bertz CT molecular complexity index is 353. The number of carbonyl (C=O) groups is 1. The fourth-order valence-electron chi connectivity index (χ4n) is 3.70. The highest BCUT2D eigenvalue weighted by molar-refractivity contribution is 5.69. The zero-order valence-electron chi connectivity index (χ0n) is 13.3. The lowest BCUT2D eigenvalue weighted by atomic mass is 9.80. The number of nitrogens with zero attached hydrogens (tertiary/aromatic N) is 1. The summed E-state index contributed by atoms with van der Waals surface area (Å²) in [6.45, 7) is 8.25. The van der Waals surface area contributed by atoms with Gasteiger partial charge in [0.05, 0.1) is 11.6 Å². The highest BCUT2D eigenvalue weighted by atomic mass is 16.6. The molecule has 1 N–H and O–H groups in total. The number of aliphatic hydroxyl groups is 1. The van der Waals surface area contributed by atoms with E-state index in [2.05, 4.69) is 0 Å². The van der Waals surface area contributed by atoms with E-state index in [0.29, 0.717) is 12.5 Å². The smallest absolute Gasteiger partial charge is 0.410 e. The summed E-state index contributed by atoms with van der Waals surface area (Å²) >= 11 is 0. The van der Waals surface area contributed by atoms with Gasteiger partial charge in [0, 0.05) is 6.54 Å². The molecule has 1 saturated carbocycles. The normalized spacial score (nSPS) is 27.6. The van der Waals surface area contributed by atoms with Gasteiger partial charge in [0.25, 0.3) is 0 Å². The van der Waals surface area contributed by atoms with Crippen LogP contribution in [-0.4, -0.2) is 39.9 Å². The van der Waals surface area contributed by atoms with Gasteiger partial charge in [-0.05, 0) is 59.3 Å². The predicted molar refractivity (Wildman–Crippen MR) is 78.5 cm³/mol. The number of hydrogen-bond donors (Lipinski definition) is 1. The van der Waals surface area contributed by atoms with Crippen LogP contribution in [0.25, 0.3) is 0 Å². The second kappa shape index (κ2) is 5.55. The Morgan fingerprint density at radius 1 is 1.10 bits per heavy atom. The lowest BCUT2D eigenvalue weighted by Gasteiger charge is -2.40. The van der Waals surface area contributed by atoms with Crippen molar-refractivity contribution in [1.82, 2.24) is 4.90 Å². The van der Waals surface area contributed by atoms with Crippen LogP contribution < -0.4 is 0 Å². The fourth-order valence-corrected chi connectivity index (χ4v) is 3.70. The SMILES string of the molecule is CC(C)(C)OC(=O)N1CCC[C@@H]1[C@@](C)(O)C1CCCC1. The summed E-state index contributed by atoms with van der Waals surface area (Å²) in [5, 5.41) is 11.0. The average Bonchev–Trinajstić information content (AvgIpc) is 2.99. The van der Waals surface area contributed by atoms with E-state index in [9.17, 15) is 9.90 Å². The van der Waals surface area contributed by atoms with Gasteiger partial charge in [-0.3, -0.25) is 0 Å². The highest BCUT2D eigenvalue weighted by Crippen LogP contribution is 2.40. The molecule has 2 aliphatic rings. The van der Waals surface area contributed by atoms with E-state index in [4.69, 9.17) is 4.74 Å². The molecule has 1 aliphatic heterocycles. The molecule has 0 bridgehead atoms. The second-order valence-electron chi connectivity index (χ2n) is 7.54. The first kappa shape index (κ1) is 15.6. The zero-order chi connectivity index (χ0) is 15.0. The van der Waals surface area contributed by atoms with Gasteiger partial charge in [-0.1, -0.05) is 12.8 Å². The Kier molecular flexibility index (Phi) is 4.33. The molecule has 116 valence electrons. The van der Waals surface area contributed by atoms with Crippen LogP contribution in [-0.2, 0) is 4.74 Å². The number of amides is 1.